The molecule has 3 aliphatic rings. The highest BCUT2D eigenvalue weighted by Gasteiger charge is 2.54. The predicted molar refractivity (Wildman–Crippen MR) is 108 cm³/mol. The Bertz CT molecular complexity index is 863. The van der Waals surface area contributed by atoms with Crippen LogP contribution in [0.2, 0.25) is 5.02 Å². The molecule has 10 heteroatoms. The number of benzene rings is 1. The smallest absolute Gasteiger partial charge is 0.328 e. The largest absolute Gasteiger partial charge is 0.495 e. The third-order valence-corrected chi connectivity index (χ3v) is 5.78. The highest BCUT2D eigenvalue weighted by atomic mass is 35.5. The highest BCUT2D eigenvalue weighted by molar-refractivity contribution is 6.32. The fourth-order valence-electron chi connectivity index (χ4n) is 4.01. The van der Waals surface area contributed by atoms with Crippen molar-refractivity contribution in [2.24, 2.45) is 4.99 Å². The lowest BCUT2D eigenvalue weighted by Gasteiger charge is -2.40. The number of hydrogen-bond acceptors (Lipinski definition) is 7. The second-order valence-electron chi connectivity index (χ2n) is 7.03. The Morgan fingerprint density at radius 2 is 2.07 bits per heavy atom. The lowest BCUT2D eigenvalue weighted by molar-refractivity contribution is -0.138. The van der Waals surface area contributed by atoms with E-state index >= 15 is 0 Å². The first-order valence-electron chi connectivity index (χ1n) is 9.59. The number of hydrogen-bond donors (Lipinski definition) is 0. The van der Waals surface area contributed by atoms with Crippen molar-refractivity contribution in [3.05, 3.63) is 23.2 Å². The number of aliphatic imine (C=N–C) groups is 1. The van der Waals surface area contributed by atoms with Gasteiger partial charge in [-0.1, -0.05) is 11.6 Å². The van der Waals surface area contributed by atoms with Gasteiger partial charge in [-0.3, -0.25) is 9.69 Å². The van der Waals surface area contributed by atoms with E-state index in [-0.39, 0.29) is 18.5 Å². The number of amides is 3. The molecule has 2 saturated heterocycles. The number of ether oxygens (including phenoxy) is 2. The highest BCUT2D eigenvalue weighted by Crippen LogP contribution is 2.35. The Labute approximate surface area is 174 Å². The lowest BCUT2D eigenvalue weighted by atomic mass is 10.1. The Kier molecular flexibility index (Phi) is 5.26. The lowest BCUT2D eigenvalue weighted by Crippen LogP contribution is -2.65. The van der Waals surface area contributed by atoms with Crippen LogP contribution in [0.25, 0.3) is 0 Å². The van der Waals surface area contributed by atoms with E-state index in [0.717, 1.165) is 5.69 Å². The van der Waals surface area contributed by atoms with E-state index in [1.54, 1.807) is 20.2 Å². The zero-order valence-corrected chi connectivity index (χ0v) is 17.4. The SMILES string of the molecule is CCOCCN1C(=O)C2C(N=C3N(c4ccc(OC)c(Cl)c4)CCN32)N(C)C1=O. The summed E-state index contributed by atoms with van der Waals surface area (Å²) in [7, 11) is 3.25. The zero-order chi connectivity index (χ0) is 20.7. The van der Waals surface area contributed by atoms with Crippen molar-refractivity contribution in [3.8, 4) is 5.75 Å². The minimum Gasteiger partial charge on any atom is -0.495 e. The van der Waals surface area contributed by atoms with Crippen molar-refractivity contribution in [3.63, 3.8) is 0 Å². The molecule has 0 aromatic heterocycles. The third-order valence-electron chi connectivity index (χ3n) is 5.49. The number of rotatable bonds is 6. The second-order valence-corrected chi connectivity index (χ2v) is 7.44. The maximum absolute atomic E-state index is 13.1. The molecule has 2 atom stereocenters. The fourth-order valence-corrected chi connectivity index (χ4v) is 4.26. The van der Waals surface area contributed by atoms with Gasteiger partial charge in [0.05, 0.1) is 25.3 Å². The van der Waals surface area contributed by atoms with Gasteiger partial charge in [-0.2, -0.15) is 0 Å². The maximum atomic E-state index is 13.1. The Morgan fingerprint density at radius 3 is 2.76 bits per heavy atom. The molecule has 9 nitrogen and oxygen atoms in total. The van der Waals surface area contributed by atoms with Crippen molar-refractivity contribution >= 4 is 35.2 Å². The summed E-state index contributed by atoms with van der Waals surface area (Å²) in [4.78, 5) is 37.4. The maximum Gasteiger partial charge on any atom is 0.328 e. The number of anilines is 1. The first kappa shape index (κ1) is 19.8. The van der Waals surface area contributed by atoms with Gasteiger partial charge < -0.3 is 24.2 Å². The molecule has 1 aromatic carbocycles. The number of imide groups is 1. The van der Waals surface area contributed by atoms with Gasteiger partial charge in [0.2, 0.25) is 5.96 Å². The third kappa shape index (κ3) is 3.18. The van der Waals surface area contributed by atoms with Crippen LogP contribution in [0.5, 0.6) is 5.75 Å². The summed E-state index contributed by atoms with van der Waals surface area (Å²) in [5.41, 5.74) is 0.866. The van der Waals surface area contributed by atoms with Crippen LogP contribution in [0.4, 0.5) is 10.5 Å². The molecular weight excluding hydrogens is 398 g/mol. The zero-order valence-electron chi connectivity index (χ0n) is 16.7. The average molecular weight is 422 g/mol. The first-order valence-corrected chi connectivity index (χ1v) is 9.97. The van der Waals surface area contributed by atoms with Gasteiger partial charge in [0.15, 0.2) is 12.2 Å². The molecule has 3 amide bonds. The molecule has 3 heterocycles. The monoisotopic (exact) mass is 421 g/mol. The van der Waals surface area contributed by atoms with Crippen molar-refractivity contribution < 1.29 is 19.1 Å². The van der Waals surface area contributed by atoms with E-state index in [0.29, 0.717) is 43.0 Å². The summed E-state index contributed by atoms with van der Waals surface area (Å²) >= 11 is 6.29. The molecular formula is C19H24ClN5O4. The normalized spacial score (nSPS) is 23.5. The van der Waals surface area contributed by atoms with Gasteiger partial charge >= 0.3 is 6.03 Å². The van der Waals surface area contributed by atoms with Gasteiger partial charge in [-0.05, 0) is 25.1 Å². The molecule has 0 spiro atoms. The predicted octanol–water partition coefficient (Wildman–Crippen LogP) is 1.47. The molecule has 4 rings (SSSR count). The summed E-state index contributed by atoms with van der Waals surface area (Å²) < 4.78 is 10.6. The van der Waals surface area contributed by atoms with Gasteiger partial charge in [-0.25, -0.2) is 9.79 Å². The molecule has 0 N–H and O–H groups in total. The minimum absolute atomic E-state index is 0.230. The van der Waals surface area contributed by atoms with E-state index in [1.165, 1.54) is 9.80 Å². The van der Waals surface area contributed by atoms with Crippen LogP contribution in [0, 0.1) is 0 Å². The van der Waals surface area contributed by atoms with Crippen LogP contribution in [-0.2, 0) is 9.53 Å². The molecule has 1 aromatic rings. The number of methoxy groups -OCH3 is 1. The molecule has 3 aliphatic heterocycles. The number of urea groups is 1. The molecule has 0 radical (unpaired) electrons. The topological polar surface area (TPSA) is 77.9 Å². The van der Waals surface area contributed by atoms with E-state index in [4.69, 9.17) is 26.1 Å². The van der Waals surface area contributed by atoms with Crippen LogP contribution < -0.4 is 9.64 Å². The van der Waals surface area contributed by atoms with Crippen LogP contribution in [0.1, 0.15) is 6.92 Å². The summed E-state index contributed by atoms with van der Waals surface area (Å²) in [6.07, 6.45) is -0.537. The summed E-state index contributed by atoms with van der Waals surface area (Å²) in [6, 6.07) is 4.66. The van der Waals surface area contributed by atoms with Crippen LogP contribution in [0.15, 0.2) is 23.2 Å². The van der Waals surface area contributed by atoms with Crippen LogP contribution in [-0.4, -0.2) is 91.8 Å². The Hall–Kier alpha value is -2.52. The molecule has 29 heavy (non-hydrogen) atoms. The van der Waals surface area contributed by atoms with Crippen LogP contribution >= 0.6 is 11.6 Å². The number of guanidine groups is 1. The standard InChI is InChI=1S/C19H24ClN5O4/c1-4-29-10-9-25-17(26)15-16(22(2)19(25)27)21-18-23(7-8-24(15)18)12-5-6-14(28-3)13(20)11-12/h5-6,11,15-16H,4,7-10H2,1-3H3. The number of fused-ring (bicyclic) bond motifs is 3. The van der Waals surface area contributed by atoms with Gasteiger partial charge in [0.1, 0.15) is 5.75 Å². The van der Waals surface area contributed by atoms with Crippen molar-refractivity contribution in [2.45, 2.75) is 19.1 Å². The summed E-state index contributed by atoms with van der Waals surface area (Å²) in [5.74, 6) is 1.05. The van der Waals surface area contributed by atoms with E-state index in [9.17, 15) is 9.59 Å². The van der Waals surface area contributed by atoms with Crippen LogP contribution in [0.3, 0.4) is 0 Å². The second kappa shape index (κ2) is 7.72. The minimum atomic E-state index is -0.537. The number of carbonyl (C=O) groups is 2. The average Bonchev–Trinajstić information content (AvgIpc) is 3.28. The first-order chi connectivity index (χ1) is 14.0. The number of carbonyl (C=O) groups excluding carboxylic acids is 2. The molecule has 2 unspecified atom stereocenters. The number of nitrogens with zero attached hydrogens (tertiary/aromatic N) is 5. The number of likely N-dealkylation sites (N-methyl/N-ethyl adjacent to an activating group) is 1. The molecule has 0 aliphatic carbocycles. The molecule has 156 valence electrons. The molecule has 0 bridgehead atoms. The number of halogens is 1. The molecule has 0 saturated carbocycles. The van der Waals surface area contributed by atoms with Gasteiger partial charge in [0.25, 0.3) is 5.91 Å². The van der Waals surface area contributed by atoms with Crippen molar-refractivity contribution in [2.75, 3.05) is 51.9 Å². The quantitative estimate of drug-likeness (QED) is 0.647. The van der Waals surface area contributed by atoms with Gasteiger partial charge in [-0.15, -0.1) is 0 Å². The Balaban J connectivity index is 1.59. The summed E-state index contributed by atoms with van der Waals surface area (Å²) in [5, 5.41) is 0.505. The fraction of sp³-hybridized carbons (Fsp3) is 0.526. The van der Waals surface area contributed by atoms with Crippen molar-refractivity contribution in [1.82, 2.24) is 14.7 Å². The van der Waals surface area contributed by atoms with E-state index in [1.807, 2.05) is 28.9 Å². The molecule has 2 fully saturated rings. The van der Waals surface area contributed by atoms with Crippen molar-refractivity contribution in [1.29, 1.82) is 0 Å². The summed E-state index contributed by atoms with van der Waals surface area (Å²) in [6.45, 7) is 4.29. The Morgan fingerprint density at radius 1 is 1.28 bits per heavy atom. The van der Waals surface area contributed by atoms with E-state index in [2.05, 4.69) is 0 Å². The van der Waals surface area contributed by atoms with E-state index < -0.39 is 12.2 Å². The van der Waals surface area contributed by atoms with Gasteiger partial charge in [0, 0.05) is 32.4 Å².